The van der Waals surface area contributed by atoms with Crippen LogP contribution < -0.4 is 5.30 Å². The van der Waals surface area contributed by atoms with Crippen LogP contribution in [0.15, 0.2) is 35.2 Å². The van der Waals surface area contributed by atoms with Crippen molar-refractivity contribution in [3.63, 3.8) is 0 Å². The number of fused-ring (bicyclic) bond motifs is 2. The van der Waals surface area contributed by atoms with Crippen molar-refractivity contribution in [2.75, 3.05) is 20.8 Å². The second-order valence-electron chi connectivity index (χ2n) is 6.65. The first kappa shape index (κ1) is 38.2. The van der Waals surface area contributed by atoms with Crippen LogP contribution in [0.1, 0.15) is 19.4 Å². The van der Waals surface area contributed by atoms with E-state index in [0.29, 0.717) is 17.8 Å². The van der Waals surface area contributed by atoms with Crippen LogP contribution in [0.25, 0.3) is 0 Å². The Hall–Kier alpha value is -2.36. The largest absolute Gasteiger partial charge is 0 e. The average Bonchev–Trinajstić information content (AvgIpc) is 3.56. The van der Waals surface area contributed by atoms with Gasteiger partial charge in [0.1, 0.15) is 5.57 Å². The molecular weight excluding hydrogens is 665 g/mol. The normalized spacial score (nSPS) is 21.0. The summed E-state index contributed by atoms with van der Waals surface area (Å²) in [6.07, 6.45) is 0. The molecule has 188 valence electrons. The summed E-state index contributed by atoms with van der Waals surface area (Å²) in [5, 5.41) is 1.45. The third-order valence-electron chi connectivity index (χ3n) is 5.14. The van der Waals surface area contributed by atoms with Crippen LogP contribution in [-0.4, -0.2) is 43.5 Å². The Morgan fingerprint density at radius 3 is 1.89 bits per heavy atom. The summed E-state index contributed by atoms with van der Waals surface area (Å²) in [4.78, 5) is 25.3. The first-order valence-electron chi connectivity index (χ1n) is 9.25. The van der Waals surface area contributed by atoms with Crippen molar-refractivity contribution >= 4 is 25.3 Å². The summed E-state index contributed by atoms with van der Waals surface area (Å²) in [6.45, 7) is 27.3. The molecule has 3 aliphatic heterocycles. The van der Waals surface area contributed by atoms with Gasteiger partial charge in [-0.2, -0.15) is 0 Å². The summed E-state index contributed by atoms with van der Waals surface area (Å²) in [6, 6.07) is 7.98. The van der Waals surface area contributed by atoms with E-state index in [1.165, 1.54) is 14.2 Å². The van der Waals surface area contributed by atoms with Gasteiger partial charge >= 0.3 is 68.5 Å². The van der Waals surface area contributed by atoms with Gasteiger partial charge in [-0.3, -0.25) is 0 Å². The minimum absolute atomic E-state index is 0. The van der Waals surface area contributed by atoms with E-state index in [9.17, 15) is 9.59 Å². The second-order valence-corrected chi connectivity index (χ2v) is 8.63. The molecule has 3 atom stereocenters. The second kappa shape index (κ2) is 18.8. The first-order valence-corrected chi connectivity index (χ1v) is 10.5. The molecular formula is C23H20NO10PW. The molecule has 3 heterocycles. The molecule has 11 nitrogen and oxygen atoms in total. The zero-order valence-corrected chi connectivity index (χ0v) is 23.4. The van der Waals surface area contributed by atoms with E-state index in [0.717, 1.165) is 10.9 Å². The van der Waals surface area contributed by atoms with Gasteiger partial charge in [-0.1, -0.05) is 38.1 Å². The molecule has 13 heteroatoms. The van der Waals surface area contributed by atoms with Crippen molar-refractivity contribution in [3.8, 4) is 0 Å². The van der Waals surface area contributed by atoms with Gasteiger partial charge in [-0.15, -0.1) is 0 Å². The quantitative estimate of drug-likeness (QED) is 0.203. The standard InChI is InChI=1S/C18H20NO5P.5CO.W/c1-10(2)12-9-24-18-11-7-5-6-8-13(11)25(19(12)18)15(17(21)23-4)14(18)16(20)22-3;5*1-2;/h5-8,10,12H,9H2,1-4H3;;;;;;/t12-,18+,25?;;;;;;/m1....../s1. The maximum absolute atomic E-state index is 12.7. The molecule has 0 aromatic heterocycles. The molecule has 0 radical (unpaired) electrons. The fourth-order valence-corrected chi connectivity index (χ4v) is 7.31. The molecule has 1 aromatic carbocycles. The number of carbonyl (C=O) groups is 2. The van der Waals surface area contributed by atoms with Gasteiger partial charge in [-0.25, -0.2) is 14.3 Å². The zero-order chi connectivity index (χ0) is 27.9. The maximum Gasteiger partial charge on any atom is 0 e. The topological polar surface area (TPSA) is 165 Å². The number of ether oxygens (including phenoxy) is 3. The minimum atomic E-state index is -1.18. The van der Waals surface area contributed by atoms with Crippen molar-refractivity contribution in [2.24, 2.45) is 5.92 Å². The number of esters is 2. The molecule has 1 aromatic rings. The Bertz CT molecular complexity index is 995. The first-order chi connectivity index (χ1) is 17.0. The van der Waals surface area contributed by atoms with Gasteiger partial charge in [0, 0.05) is 46.0 Å². The van der Waals surface area contributed by atoms with Gasteiger partial charge in [0.2, 0.25) is 0 Å². The van der Waals surface area contributed by atoms with Crippen LogP contribution in [0.3, 0.4) is 0 Å². The fourth-order valence-electron chi connectivity index (χ4n) is 4.04. The van der Waals surface area contributed by atoms with Crippen molar-refractivity contribution < 1.29 is 68.1 Å². The van der Waals surface area contributed by atoms with E-state index in [2.05, 4.69) is 51.8 Å². The molecule has 1 fully saturated rings. The number of nitrogens with zero attached hydrogens (tertiary/aromatic N) is 1. The van der Waals surface area contributed by atoms with Crippen molar-refractivity contribution in [1.29, 1.82) is 0 Å². The van der Waals surface area contributed by atoms with Gasteiger partial charge in [0.05, 0.1) is 26.1 Å². The molecule has 0 N–H and O–H groups in total. The third kappa shape index (κ3) is 6.30. The average molecular weight is 685 g/mol. The monoisotopic (exact) mass is 685 g/mol. The van der Waals surface area contributed by atoms with Crippen LogP contribution >= 0.6 is 8.07 Å². The molecule has 0 amide bonds. The number of benzene rings is 1. The Morgan fingerprint density at radius 1 is 0.972 bits per heavy atom. The number of hydrogen-bond donors (Lipinski definition) is 0. The summed E-state index contributed by atoms with van der Waals surface area (Å²) >= 11 is 0. The van der Waals surface area contributed by atoms with Crippen molar-refractivity contribution in [3.05, 3.63) is 74.0 Å². The molecule has 0 spiro atoms. The summed E-state index contributed by atoms with van der Waals surface area (Å²) in [7, 11) is 1.48. The summed E-state index contributed by atoms with van der Waals surface area (Å²) in [5.41, 5.74) is 0.195. The van der Waals surface area contributed by atoms with Gasteiger partial charge in [-0.05, 0) is 5.92 Å². The number of rotatable bonds is 3. The van der Waals surface area contributed by atoms with E-state index in [1.54, 1.807) is 0 Å². The molecule has 0 aliphatic carbocycles. The Kier molecular flexibility index (Phi) is 20.0. The van der Waals surface area contributed by atoms with Crippen LogP contribution in [0.2, 0.25) is 0 Å². The van der Waals surface area contributed by atoms with E-state index < -0.39 is 25.7 Å². The molecule has 1 unspecified atom stereocenters. The number of methoxy groups -OCH3 is 2. The van der Waals surface area contributed by atoms with Gasteiger partial charge in [0.25, 0.3) is 0 Å². The Balaban J connectivity index is -0.000000889. The van der Waals surface area contributed by atoms with Crippen LogP contribution in [0, 0.1) is 39.2 Å². The van der Waals surface area contributed by atoms with E-state index in [4.69, 9.17) is 37.5 Å². The molecule has 3 aliphatic rings. The van der Waals surface area contributed by atoms with Crippen LogP contribution in [0.5, 0.6) is 0 Å². The van der Waals surface area contributed by atoms with Crippen LogP contribution in [-0.2, 0) is 73.9 Å². The molecule has 2 bridgehead atoms. The maximum atomic E-state index is 12.7. The predicted molar refractivity (Wildman–Crippen MR) is 112 cm³/mol. The van der Waals surface area contributed by atoms with E-state index >= 15 is 0 Å². The fraction of sp³-hybridized carbons (Fsp3) is 0.348. The molecule has 4 rings (SSSR count). The zero-order valence-electron chi connectivity index (χ0n) is 19.6. The van der Waals surface area contributed by atoms with E-state index in [1.807, 2.05) is 24.3 Å². The Morgan fingerprint density at radius 2 is 1.44 bits per heavy atom. The number of hydrogen-bond acceptors (Lipinski definition) is 6. The molecule has 0 saturated carbocycles. The third-order valence-corrected chi connectivity index (χ3v) is 7.82. The minimum Gasteiger partial charge on any atom is 0 e. The van der Waals surface area contributed by atoms with Gasteiger partial charge < -0.3 is 14.2 Å². The molecule has 1 saturated heterocycles. The van der Waals surface area contributed by atoms with Gasteiger partial charge in [0.15, 0.2) is 5.72 Å². The smallest absolute Gasteiger partial charge is 0 e. The van der Waals surface area contributed by atoms with Crippen molar-refractivity contribution in [1.82, 2.24) is 4.67 Å². The van der Waals surface area contributed by atoms with Crippen molar-refractivity contribution in [2.45, 2.75) is 25.6 Å². The van der Waals surface area contributed by atoms with E-state index in [-0.39, 0.29) is 32.7 Å². The Labute approximate surface area is 224 Å². The number of carbonyl (C=O) groups excluding carboxylic acids is 2. The SMILES string of the molecule is COC(=O)C1=C(C(=O)OC)[C@]23OC[C@H](C(C)C)N2P1c1ccccc13.[C-]#[O+].[C-]#[O+].[C-]#[O+].[C-]#[O+].[C-]#[O+].[W]. The van der Waals surface area contributed by atoms with Crippen LogP contribution in [0.4, 0.5) is 0 Å². The predicted octanol–water partition coefficient (Wildman–Crippen LogP) is 1.66. The summed E-state index contributed by atoms with van der Waals surface area (Å²) in [5.74, 6) is -0.702. The molecule has 36 heavy (non-hydrogen) atoms. The summed E-state index contributed by atoms with van der Waals surface area (Å²) < 4.78 is 56.0.